The lowest BCUT2D eigenvalue weighted by molar-refractivity contribution is -0.255. The number of carbonyl (C=O) groups excluding carboxylic acids is 1. The van der Waals surface area contributed by atoms with E-state index in [1.54, 1.807) is 0 Å². The SMILES string of the molecule is COc1cc(C(=O)[O-])ccc1C#N. The summed E-state index contributed by atoms with van der Waals surface area (Å²) in [6.45, 7) is 0. The van der Waals surface area contributed by atoms with Crippen LogP contribution in [0, 0.1) is 11.3 Å². The molecule has 4 nitrogen and oxygen atoms in total. The van der Waals surface area contributed by atoms with Gasteiger partial charge >= 0.3 is 0 Å². The van der Waals surface area contributed by atoms with E-state index in [1.165, 1.54) is 25.3 Å². The molecule has 0 aromatic heterocycles. The van der Waals surface area contributed by atoms with Gasteiger partial charge in [-0.3, -0.25) is 0 Å². The highest BCUT2D eigenvalue weighted by molar-refractivity contribution is 5.86. The van der Waals surface area contributed by atoms with E-state index in [0.717, 1.165) is 0 Å². The summed E-state index contributed by atoms with van der Waals surface area (Å²) in [5.41, 5.74) is 0.295. The molecule has 0 aliphatic carbocycles. The number of hydrogen-bond acceptors (Lipinski definition) is 4. The smallest absolute Gasteiger partial charge is 0.137 e. The van der Waals surface area contributed by atoms with Crippen LogP contribution in [0.3, 0.4) is 0 Å². The monoisotopic (exact) mass is 176 g/mol. The number of carboxylic acid groups (broad SMARTS) is 1. The average Bonchev–Trinajstić information content (AvgIpc) is 2.16. The van der Waals surface area contributed by atoms with Gasteiger partial charge in [0, 0.05) is 5.56 Å². The van der Waals surface area contributed by atoms with Gasteiger partial charge in [-0.15, -0.1) is 0 Å². The molecule has 1 aromatic rings. The van der Waals surface area contributed by atoms with Crippen molar-refractivity contribution in [3.63, 3.8) is 0 Å². The fourth-order valence-electron chi connectivity index (χ4n) is 0.911. The molecule has 0 heterocycles. The van der Waals surface area contributed by atoms with Crippen molar-refractivity contribution in [1.82, 2.24) is 0 Å². The molecule has 0 amide bonds. The second-order valence-corrected chi connectivity index (χ2v) is 2.31. The van der Waals surface area contributed by atoms with Gasteiger partial charge in [0.1, 0.15) is 11.8 Å². The van der Waals surface area contributed by atoms with Crippen molar-refractivity contribution in [2.24, 2.45) is 0 Å². The summed E-state index contributed by atoms with van der Waals surface area (Å²) in [6.07, 6.45) is 0. The van der Waals surface area contributed by atoms with E-state index in [1.807, 2.05) is 6.07 Å². The highest BCUT2D eigenvalue weighted by Gasteiger charge is 2.03. The Bertz CT molecular complexity index is 379. The highest BCUT2D eigenvalue weighted by atomic mass is 16.5. The van der Waals surface area contributed by atoms with Crippen molar-refractivity contribution < 1.29 is 14.6 Å². The fraction of sp³-hybridized carbons (Fsp3) is 0.111. The molecule has 0 saturated heterocycles. The Morgan fingerprint density at radius 1 is 1.62 bits per heavy atom. The molecular formula is C9H6NO3-. The molecule has 0 unspecified atom stereocenters. The second-order valence-electron chi connectivity index (χ2n) is 2.31. The van der Waals surface area contributed by atoms with Gasteiger partial charge in [0.2, 0.25) is 0 Å². The van der Waals surface area contributed by atoms with Crippen molar-refractivity contribution >= 4 is 5.97 Å². The number of benzene rings is 1. The second kappa shape index (κ2) is 3.59. The van der Waals surface area contributed by atoms with Crippen LogP contribution in [0.2, 0.25) is 0 Å². The van der Waals surface area contributed by atoms with Crippen LogP contribution in [0.4, 0.5) is 0 Å². The number of hydrogen-bond donors (Lipinski definition) is 0. The summed E-state index contributed by atoms with van der Waals surface area (Å²) < 4.78 is 4.81. The lowest BCUT2D eigenvalue weighted by Crippen LogP contribution is -2.22. The predicted octanol–water partition coefficient (Wildman–Crippen LogP) is -0.0696. The van der Waals surface area contributed by atoms with Gasteiger partial charge in [0.25, 0.3) is 0 Å². The first-order chi connectivity index (χ1) is 6.19. The Labute approximate surface area is 75.0 Å². The molecule has 0 N–H and O–H groups in total. The Kier molecular flexibility index (Phi) is 2.50. The number of methoxy groups -OCH3 is 1. The van der Waals surface area contributed by atoms with E-state index < -0.39 is 5.97 Å². The minimum atomic E-state index is -1.29. The first-order valence-electron chi connectivity index (χ1n) is 3.48. The lowest BCUT2D eigenvalue weighted by atomic mass is 10.1. The van der Waals surface area contributed by atoms with Gasteiger partial charge in [-0.1, -0.05) is 6.07 Å². The lowest BCUT2D eigenvalue weighted by Gasteiger charge is -2.06. The Balaban J connectivity index is 3.23. The summed E-state index contributed by atoms with van der Waals surface area (Å²) in [5, 5.41) is 19.0. The molecule has 4 heteroatoms. The van der Waals surface area contributed by atoms with Crippen molar-refractivity contribution in [3.8, 4) is 11.8 Å². The van der Waals surface area contributed by atoms with Gasteiger partial charge in [0.15, 0.2) is 0 Å². The highest BCUT2D eigenvalue weighted by Crippen LogP contribution is 2.18. The van der Waals surface area contributed by atoms with Crippen molar-refractivity contribution in [2.45, 2.75) is 0 Å². The van der Waals surface area contributed by atoms with E-state index in [2.05, 4.69) is 0 Å². The van der Waals surface area contributed by atoms with Crippen LogP contribution >= 0.6 is 0 Å². The molecule has 0 atom stereocenters. The third-order valence-corrected chi connectivity index (χ3v) is 1.56. The number of rotatable bonds is 2. The number of carbonyl (C=O) groups is 1. The summed E-state index contributed by atoms with van der Waals surface area (Å²) in [5.74, 6) is -1.05. The molecule has 13 heavy (non-hydrogen) atoms. The van der Waals surface area contributed by atoms with Crippen LogP contribution < -0.4 is 9.84 Å². The summed E-state index contributed by atoms with van der Waals surface area (Å²) in [6, 6.07) is 5.81. The number of aromatic carboxylic acids is 1. The van der Waals surface area contributed by atoms with Crippen molar-refractivity contribution in [1.29, 1.82) is 5.26 Å². The Morgan fingerprint density at radius 2 is 2.31 bits per heavy atom. The van der Waals surface area contributed by atoms with Gasteiger partial charge in [-0.25, -0.2) is 0 Å². The van der Waals surface area contributed by atoms with Crippen LogP contribution in [0.1, 0.15) is 15.9 Å². The molecule has 0 bridgehead atoms. The first-order valence-corrected chi connectivity index (χ1v) is 3.48. The maximum Gasteiger partial charge on any atom is 0.137 e. The summed E-state index contributed by atoms with van der Waals surface area (Å²) in [7, 11) is 1.37. The quantitative estimate of drug-likeness (QED) is 0.632. The predicted molar refractivity (Wildman–Crippen MR) is 42.0 cm³/mol. The number of nitrogens with zero attached hydrogens (tertiary/aromatic N) is 1. The van der Waals surface area contributed by atoms with E-state index in [4.69, 9.17) is 10.00 Å². The molecule has 1 aromatic carbocycles. The van der Waals surface area contributed by atoms with Crippen LogP contribution in [-0.4, -0.2) is 13.1 Å². The Hall–Kier alpha value is -2.02. The van der Waals surface area contributed by atoms with E-state index in [0.29, 0.717) is 5.56 Å². The molecule has 0 aliphatic rings. The van der Waals surface area contributed by atoms with E-state index >= 15 is 0 Å². The minimum absolute atomic E-state index is 0.00384. The van der Waals surface area contributed by atoms with E-state index in [9.17, 15) is 9.90 Å². The molecular weight excluding hydrogens is 170 g/mol. The third kappa shape index (κ3) is 1.76. The van der Waals surface area contributed by atoms with Gasteiger partial charge in [-0.05, 0) is 12.1 Å². The molecule has 0 fully saturated rings. The molecule has 0 aliphatic heterocycles. The average molecular weight is 176 g/mol. The number of ether oxygens (including phenoxy) is 1. The van der Waals surface area contributed by atoms with Crippen LogP contribution in [-0.2, 0) is 0 Å². The Morgan fingerprint density at radius 3 is 2.77 bits per heavy atom. The molecule has 1 rings (SSSR count). The maximum absolute atomic E-state index is 10.4. The third-order valence-electron chi connectivity index (χ3n) is 1.56. The van der Waals surface area contributed by atoms with E-state index in [-0.39, 0.29) is 11.3 Å². The van der Waals surface area contributed by atoms with Crippen LogP contribution in [0.5, 0.6) is 5.75 Å². The van der Waals surface area contributed by atoms with Gasteiger partial charge < -0.3 is 14.6 Å². The molecule has 66 valence electrons. The summed E-state index contributed by atoms with van der Waals surface area (Å²) >= 11 is 0. The van der Waals surface area contributed by atoms with Crippen LogP contribution in [0.15, 0.2) is 18.2 Å². The normalized spacial score (nSPS) is 8.92. The minimum Gasteiger partial charge on any atom is -0.545 e. The standard InChI is InChI=1S/C9H7NO3/c1-13-8-4-6(9(11)12)2-3-7(8)5-10/h2-4H,1H3,(H,11,12)/p-1. The zero-order chi connectivity index (χ0) is 9.84. The van der Waals surface area contributed by atoms with Crippen molar-refractivity contribution in [3.05, 3.63) is 29.3 Å². The number of nitriles is 1. The molecule has 0 spiro atoms. The zero-order valence-electron chi connectivity index (χ0n) is 6.90. The van der Waals surface area contributed by atoms with Gasteiger partial charge in [-0.2, -0.15) is 5.26 Å². The zero-order valence-corrected chi connectivity index (χ0v) is 6.90. The summed E-state index contributed by atoms with van der Waals surface area (Å²) in [4.78, 5) is 10.4. The molecule has 0 saturated carbocycles. The number of carboxylic acids is 1. The maximum atomic E-state index is 10.4. The van der Waals surface area contributed by atoms with Crippen molar-refractivity contribution in [2.75, 3.05) is 7.11 Å². The fourth-order valence-corrected chi connectivity index (χ4v) is 0.911. The topological polar surface area (TPSA) is 73.2 Å². The largest absolute Gasteiger partial charge is 0.545 e. The first kappa shape index (κ1) is 9.07. The van der Waals surface area contributed by atoms with Gasteiger partial charge in [0.05, 0.1) is 18.6 Å². The molecule has 0 radical (unpaired) electrons. The van der Waals surface area contributed by atoms with Crippen LogP contribution in [0.25, 0.3) is 0 Å².